The summed E-state index contributed by atoms with van der Waals surface area (Å²) in [5.74, 6) is 0. The van der Waals surface area contributed by atoms with Gasteiger partial charge in [-0.25, -0.2) is 9.80 Å². The van der Waals surface area contributed by atoms with Crippen molar-refractivity contribution in [3.8, 4) is 0 Å². The number of carbonyl (C=O) groups is 2. The second kappa shape index (κ2) is 9.21. The Labute approximate surface area is 91.9 Å². The lowest BCUT2D eigenvalue weighted by molar-refractivity contribution is -0.115. The van der Waals surface area contributed by atoms with Gasteiger partial charge >= 0.3 is 6.03 Å². The van der Waals surface area contributed by atoms with Crippen LogP contribution in [0, 0.1) is 0 Å². The largest absolute Gasteiger partial charge is 0.341 e. The molecule has 0 aliphatic carbocycles. The second-order valence-electron chi connectivity index (χ2n) is 2.72. The van der Waals surface area contributed by atoms with Crippen molar-refractivity contribution in [2.75, 3.05) is 27.7 Å². The fourth-order valence-corrected chi connectivity index (χ4v) is 0.762. The summed E-state index contributed by atoms with van der Waals surface area (Å²) in [6, 6.07) is -0.375. The van der Waals surface area contributed by atoms with E-state index in [0.717, 1.165) is 4.90 Å². The van der Waals surface area contributed by atoms with Crippen LogP contribution in [0.5, 0.6) is 0 Å². The Hall–Kier alpha value is -1.36. The quantitative estimate of drug-likeness (QED) is 0.402. The summed E-state index contributed by atoms with van der Waals surface area (Å²) < 4.78 is 0. The minimum atomic E-state index is -0.375. The summed E-state index contributed by atoms with van der Waals surface area (Å²) in [4.78, 5) is 22.7. The van der Waals surface area contributed by atoms with Gasteiger partial charge in [-0.3, -0.25) is 14.7 Å². The molecule has 0 spiro atoms. The molecule has 5 nitrogen and oxygen atoms in total. The first-order chi connectivity index (χ1) is 7.04. The van der Waals surface area contributed by atoms with Gasteiger partial charge in [0.05, 0.1) is 6.54 Å². The lowest BCUT2D eigenvalue weighted by atomic mass is 10.6. The van der Waals surface area contributed by atoms with Crippen molar-refractivity contribution >= 4 is 12.4 Å². The molecule has 0 bridgehead atoms. The first-order valence-electron chi connectivity index (χ1n) is 4.82. The number of hydrogen-bond donors (Lipinski definition) is 0. The molecule has 0 aromatic rings. The van der Waals surface area contributed by atoms with Crippen LogP contribution in [0.15, 0.2) is 12.7 Å². The molecule has 5 heteroatoms. The number of hydrogen-bond acceptors (Lipinski definition) is 3. The number of imide groups is 1. The van der Waals surface area contributed by atoms with Crippen molar-refractivity contribution in [2.24, 2.45) is 0 Å². The average molecular weight is 215 g/mol. The van der Waals surface area contributed by atoms with Crippen LogP contribution in [0.2, 0.25) is 0 Å². The van der Waals surface area contributed by atoms with Crippen molar-refractivity contribution in [3.05, 3.63) is 12.7 Å². The highest BCUT2D eigenvalue weighted by molar-refractivity contribution is 5.84. The van der Waals surface area contributed by atoms with Gasteiger partial charge in [-0.1, -0.05) is 19.9 Å². The Balaban J connectivity index is 0. The van der Waals surface area contributed by atoms with Crippen molar-refractivity contribution in [3.63, 3.8) is 0 Å². The number of nitrogens with zero attached hydrogens (tertiary/aromatic N) is 3. The zero-order valence-electron chi connectivity index (χ0n) is 10.2. The van der Waals surface area contributed by atoms with Crippen LogP contribution in [0.1, 0.15) is 13.8 Å². The van der Waals surface area contributed by atoms with Gasteiger partial charge in [-0.15, -0.1) is 6.58 Å². The van der Waals surface area contributed by atoms with Crippen LogP contribution in [0.4, 0.5) is 4.79 Å². The molecule has 0 fully saturated rings. The predicted octanol–water partition coefficient (Wildman–Crippen LogP) is 1.19. The van der Waals surface area contributed by atoms with Gasteiger partial charge in [-0.05, 0) is 0 Å². The van der Waals surface area contributed by atoms with Crippen LogP contribution in [0.3, 0.4) is 0 Å². The van der Waals surface area contributed by atoms with Gasteiger partial charge in [0.1, 0.15) is 0 Å². The maximum absolute atomic E-state index is 11.4. The Morgan fingerprint density at radius 1 is 1.27 bits per heavy atom. The van der Waals surface area contributed by atoms with Gasteiger partial charge in [0, 0.05) is 21.1 Å². The van der Waals surface area contributed by atoms with E-state index in [0.29, 0.717) is 13.0 Å². The lowest BCUT2D eigenvalue weighted by Gasteiger charge is -2.29. The fourth-order valence-electron chi connectivity index (χ4n) is 0.762. The van der Waals surface area contributed by atoms with Crippen LogP contribution >= 0.6 is 0 Å². The Kier molecular flexibility index (Phi) is 9.87. The Morgan fingerprint density at radius 3 is 2.00 bits per heavy atom. The standard InChI is InChI=1S/C8H15N3O2.C2H6/c1-5-6-11(9(2)3)8(13)10(4)7-12;1-2/h5,7H,1,6H2,2-4H3;1-2H3. The minimum absolute atomic E-state index is 0.375. The van der Waals surface area contributed by atoms with Gasteiger partial charge in [-0.2, -0.15) is 0 Å². The molecule has 0 N–H and O–H groups in total. The second-order valence-corrected chi connectivity index (χ2v) is 2.72. The number of hydrazine groups is 1. The summed E-state index contributed by atoms with van der Waals surface area (Å²) in [5, 5.41) is 2.99. The molecule has 0 atom stereocenters. The number of amides is 3. The molecule has 0 aromatic carbocycles. The fraction of sp³-hybridized carbons (Fsp3) is 0.600. The van der Waals surface area contributed by atoms with E-state index in [1.165, 1.54) is 12.1 Å². The van der Waals surface area contributed by atoms with Crippen LogP contribution < -0.4 is 0 Å². The SMILES string of the molecule is C=CCN(C(=O)N(C)C=O)N(C)C.CC. The number of rotatable bonds is 4. The molecule has 3 amide bonds. The highest BCUT2D eigenvalue weighted by Gasteiger charge is 2.17. The van der Waals surface area contributed by atoms with E-state index in [9.17, 15) is 9.59 Å². The molecule has 0 heterocycles. The van der Waals surface area contributed by atoms with Gasteiger partial charge in [0.2, 0.25) is 6.41 Å². The highest BCUT2D eigenvalue weighted by atomic mass is 16.2. The maximum atomic E-state index is 11.4. The molecule has 0 rings (SSSR count). The van der Waals surface area contributed by atoms with E-state index in [1.54, 1.807) is 25.2 Å². The molecule has 0 saturated heterocycles. The Morgan fingerprint density at radius 2 is 1.73 bits per heavy atom. The van der Waals surface area contributed by atoms with Crippen molar-refractivity contribution in [2.45, 2.75) is 13.8 Å². The number of carbonyl (C=O) groups excluding carboxylic acids is 2. The van der Waals surface area contributed by atoms with Crippen LogP contribution in [-0.2, 0) is 4.79 Å². The third-order valence-electron chi connectivity index (χ3n) is 1.47. The molecule has 15 heavy (non-hydrogen) atoms. The smallest absolute Gasteiger partial charge is 0.278 e. The zero-order chi connectivity index (χ0) is 12.4. The maximum Gasteiger partial charge on any atom is 0.341 e. The van der Waals surface area contributed by atoms with Gasteiger partial charge < -0.3 is 0 Å². The van der Waals surface area contributed by atoms with Gasteiger partial charge in [0.15, 0.2) is 0 Å². The molecule has 0 radical (unpaired) electrons. The molecule has 0 aromatic heterocycles. The van der Waals surface area contributed by atoms with E-state index >= 15 is 0 Å². The van der Waals surface area contributed by atoms with E-state index in [1.807, 2.05) is 13.8 Å². The minimum Gasteiger partial charge on any atom is -0.278 e. The summed E-state index contributed by atoms with van der Waals surface area (Å²) >= 11 is 0. The topological polar surface area (TPSA) is 43.9 Å². The van der Waals surface area contributed by atoms with E-state index < -0.39 is 0 Å². The molecular formula is C10H21N3O2. The first-order valence-corrected chi connectivity index (χ1v) is 4.82. The predicted molar refractivity (Wildman–Crippen MR) is 61.2 cm³/mol. The molecule has 0 aliphatic heterocycles. The highest BCUT2D eigenvalue weighted by Crippen LogP contribution is 1.97. The Bertz CT molecular complexity index is 205. The van der Waals surface area contributed by atoms with Crippen molar-refractivity contribution in [1.82, 2.24) is 14.9 Å². The van der Waals surface area contributed by atoms with E-state index in [4.69, 9.17) is 0 Å². The molecule has 88 valence electrons. The van der Waals surface area contributed by atoms with E-state index in [2.05, 4.69) is 6.58 Å². The van der Waals surface area contributed by atoms with Crippen molar-refractivity contribution < 1.29 is 9.59 Å². The molecular weight excluding hydrogens is 194 g/mol. The third-order valence-corrected chi connectivity index (χ3v) is 1.47. The van der Waals surface area contributed by atoms with E-state index in [-0.39, 0.29) is 6.03 Å². The summed E-state index contributed by atoms with van der Waals surface area (Å²) in [6.07, 6.45) is 2.07. The first kappa shape index (κ1) is 16.1. The summed E-state index contributed by atoms with van der Waals surface area (Å²) in [7, 11) is 4.86. The summed E-state index contributed by atoms with van der Waals surface area (Å²) in [5.41, 5.74) is 0. The monoisotopic (exact) mass is 215 g/mol. The third kappa shape index (κ3) is 5.85. The van der Waals surface area contributed by atoms with Crippen molar-refractivity contribution in [1.29, 1.82) is 0 Å². The molecule has 0 saturated carbocycles. The van der Waals surface area contributed by atoms with Gasteiger partial charge in [0.25, 0.3) is 0 Å². The molecule has 0 aliphatic rings. The normalized spacial score (nSPS) is 8.67. The van der Waals surface area contributed by atoms with Crippen LogP contribution in [-0.4, -0.2) is 55.0 Å². The number of urea groups is 1. The summed E-state index contributed by atoms with van der Waals surface area (Å²) in [6.45, 7) is 7.90. The average Bonchev–Trinajstić information content (AvgIpc) is 2.26. The van der Waals surface area contributed by atoms with Crippen LogP contribution in [0.25, 0.3) is 0 Å². The molecule has 0 unspecified atom stereocenters. The lowest BCUT2D eigenvalue weighted by Crippen LogP contribution is -2.47. The zero-order valence-corrected chi connectivity index (χ0v) is 10.2.